The third-order valence-corrected chi connectivity index (χ3v) is 4.30. The molecule has 1 saturated carbocycles. The maximum atomic E-state index is 9.47. The van der Waals surface area contributed by atoms with E-state index >= 15 is 0 Å². The van der Waals surface area contributed by atoms with Crippen LogP contribution in [-0.4, -0.2) is 24.4 Å². The van der Waals surface area contributed by atoms with Crippen LogP contribution in [0.5, 0.6) is 5.75 Å². The number of rotatable bonds is 4. The maximum absolute atomic E-state index is 9.47. The van der Waals surface area contributed by atoms with Crippen LogP contribution in [-0.2, 0) is 6.54 Å². The molecule has 4 heteroatoms. The second-order valence-electron chi connectivity index (χ2n) is 4.84. The molecule has 2 rings (SSSR count). The number of benzene rings is 1. The molecule has 100 valence electrons. The molecule has 0 aromatic heterocycles. The summed E-state index contributed by atoms with van der Waals surface area (Å²) in [5.41, 5.74) is 1.21. The molecule has 0 atom stereocenters. The molecule has 1 fully saturated rings. The fourth-order valence-electron chi connectivity index (χ4n) is 2.35. The highest BCUT2D eigenvalue weighted by molar-refractivity contribution is 9.10. The van der Waals surface area contributed by atoms with Crippen molar-refractivity contribution in [3.8, 4) is 5.75 Å². The minimum atomic E-state index is -0.0911. The first-order chi connectivity index (χ1) is 8.69. The molecule has 1 aromatic rings. The number of halogens is 1. The van der Waals surface area contributed by atoms with Crippen LogP contribution in [0.4, 0.5) is 0 Å². The number of hydrogen-bond donors (Lipinski definition) is 2. The quantitative estimate of drug-likeness (QED) is 0.898. The number of nitrogens with one attached hydrogen (secondary N) is 1. The number of ether oxygens (including phenoxy) is 1. The zero-order valence-electron chi connectivity index (χ0n) is 10.7. The van der Waals surface area contributed by atoms with Crippen molar-refractivity contribution in [3.05, 3.63) is 28.2 Å². The Morgan fingerprint density at radius 2 is 2.06 bits per heavy atom. The largest absolute Gasteiger partial charge is 0.497 e. The minimum Gasteiger partial charge on any atom is -0.497 e. The molecule has 2 N–H and O–H groups in total. The van der Waals surface area contributed by atoms with E-state index in [9.17, 15) is 5.11 Å². The van der Waals surface area contributed by atoms with E-state index < -0.39 is 0 Å². The normalized spacial score (nSPS) is 23.9. The molecule has 18 heavy (non-hydrogen) atoms. The van der Waals surface area contributed by atoms with Gasteiger partial charge in [0.2, 0.25) is 0 Å². The Bertz CT molecular complexity index is 389. The van der Waals surface area contributed by atoms with Gasteiger partial charge < -0.3 is 15.2 Å². The molecular formula is C14H20BrNO2. The highest BCUT2D eigenvalue weighted by Gasteiger charge is 2.18. The van der Waals surface area contributed by atoms with Crippen molar-refractivity contribution in [1.82, 2.24) is 5.32 Å². The summed E-state index contributed by atoms with van der Waals surface area (Å²) in [6, 6.07) is 6.53. The van der Waals surface area contributed by atoms with Crippen LogP contribution in [0, 0.1) is 0 Å². The Morgan fingerprint density at radius 3 is 2.72 bits per heavy atom. The Labute approximate surface area is 117 Å². The summed E-state index contributed by atoms with van der Waals surface area (Å²) in [7, 11) is 1.68. The fourth-order valence-corrected chi connectivity index (χ4v) is 2.73. The second kappa shape index (κ2) is 6.55. The van der Waals surface area contributed by atoms with E-state index in [1.54, 1.807) is 7.11 Å². The first-order valence-electron chi connectivity index (χ1n) is 6.43. The third kappa shape index (κ3) is 3.70. The van der Waals surface area contributed by atoms with Gasteiger partial charge in [0.05, 0.1) is 13.2 Å². The molecular weight excluding hydrogens is 294 g/mol. The molecule has 0 bridgehead atoms. The summed E-state index contributed by atoms with van der Waals surface area (Å²) < 4.78 is 6.34. The van der Waals surface area contributed by atoms with Gasteiger partial charge in [0.1, 0.15) is 5.75 Å². The van der Waals surface area contributed by atoms with Gasteiger partial charge in [0.15, 0.2) is 0 Å². The van der Waals surface area contributed by atoms with Crippen LogP contribution in [0.3, 0.4) is 0 Å². The van der Waals surface area contributed by atoms with E-state index in [1.807, 2.05) is 12.1 Å². The topological polar surface area (TPSA) is 41.5 Å². The first kappa shape index (κ1) is 13.8. The van der Waals surface area contributed by atoms with Crippen molar-refractivity contribution in [2.75, 3.05) is 7.11 Å². The molecule has 0 heterocycles. The molecule has 1 aliphatic rings. The molecule has 1 aliphatic carbocycles. The Hall–Kier alpha value is -0.580. The number of aliphatic hydroxyl groups is 1. The second-order valence-corrected chi connectivity index (χ2v) is 5.70. The van der Waals surface area contributed by atoms with Gasteiger partial charge in [-0.25, -0.2) is 0 Å². The van der Waals surface area contributed by atoms with Crippen molar-refractivity contribution in [2.24, 2.45) is 0 Å². The molecule has 0 saturated heterocycles. The zero-order valence-corrected chi connectivity index (χ0v) is 12.2. The van der Waals surface area contributed by atoms with Gasteiger partial charge in [-0.3, -0.25) is 0 Å². The molecule has 0 aliphatic heterocycles. The van der Waals surface area contributed by atoms with Gasteiger partial charge in [0.25, 0.3) is 0 Å². The number of hydrogen-bond acceptors (Lipinski definition) is 3. The van der Waals surface area contributed by atoms with Gasteiger partial charge >= 0.3 is 0 Å². The molecule has 0 amide bonds. The van der Waals surface area contributed by atoms with Gasteiger partial charge in [-0.15, -0.1) is 0 Å². The molecule has 0 spiro atoms. The van der Waals surface area contributed by atoms with Gasteiger partial charge in [-0.1, -0.05) is 15.9 Å². The van der Waals surface area contributed by atoms with E-state index in [0.29, 0.717) is 6.04 Å². The average Bonchev–Trinajstić information content (AvgIpc) is 2.40. The van der Waals surface area contributed by atoms with E-state index in [4.69, 9.17) is 4.74 Å². The SMILES string of the molecule is COc1ccc(Br)c(CNC2CCC(O)CC2)c1. The van der Waals surface area contributed by atoms with Crippen molar-refractivity contribution in [1.29, 1.82) is 0 Å². The van der Waals surface area contributed by atoms with Crippen molar-refractivity contribution in [3.63, 3.8) is 0 Å². The summed E-state index contributed by atoms with van der Waals surface area (Å²) >= 11 is 3.56. The number of methoxy groups -OCH3 is 1. The lowest BCUT2D eigenvalue weighted by Gasteiger charge is -2.26. The van der Waals surface area contributed by atoms with Crippen molar-refractivity contribution in [2.45, 2.75) is 44.4 Å². The maximum Gasteiger partial charge on any atom is 0.119 e. The fraction of sp³-hybridized carbons (Fsp3) is 0.571. The van der Waals surface area contributed by atoms with E-state index in [1.165, 1.54) is 5.56 Å². The van der Waals surface area contributed by atoms with E-state index in [2.05, 4.69) is 27.3 Å². The van der Waals surface area contributed by atoms with Crippen LogP contribution < -0.4 is 10.1 Å². The van der Waals surface area contributed by atoms with Crippen LogP contribution in [0.2, 0.25) is 0 Å². The van der Waals surface area contributed by atoms with Crippen molar-refractivity contribution >= 4 is 15.9 Å². The van der Waals surface area contributed by atoms with Gasteiger partial charge in [0, 0.05) is 17.1 Å². The highest BCUT2D eigenvalue weighted by atomic mass is 79.9. The summed E-state index contributed by atoms with van der Waals surface area (Å²) in [5, 5.41) is 13.0. The van der Waals surface area contributed by atoms with E-state index in [-0.39, 0.29) is 6.10 Å². The smallest absolute Gasteiger partial charge is 0.119 e. The molecule has 3 nitrogen and oxygen atoms in total. The average molecular weight is 314 g/mol. The number of aliphatic hydroxyl groups excluding tert-OH is 1. The Morgan fingerprint density at radius 1 is 1.33 bits per heavy atom. The van der Waals surface area contributed by atoms with Crippen LogP contribution in [0.15, 0.2) is 22.7 Å². The minimum absolute atomic E-state index is 0.0911. The van der Waals surface area contributed by atoms with E-state index in [0.717, 1.165) is 42.5 Å². The monoisotopic (exact) mass is 313 g/mol. The van der Waals surface area contributed by atoms with Gasteiger partial charge in [-0.05, 0) is 49.4 Å². The zero-order chi connectivity index (χ0) is 13.0. The summed E-state index contributed by atoms with van der Waals surface area (Å²) in [5.74, 6) is 0.883. The van der Waals surface area contributed by atoms with Crippen molar-refractivity contribution < 1.29 is 9.84 Å². The lowest BCUT2D eigenvalue weighted by Crippen LogP contribution is -2.34. The van der Waals surface area contributed by atoms with Crippen LogP contribution in [0.25, 0.3) is 0 Å². The first-order valence-corrected chi connectivity index (χ1v) is 7.22. The molecule has 0 unspecified atom stereocenters. The molecule has 1 aromatic carbocycles. The van der Waals surface area contributed by atoms with Crippen LogP contribution >= 0.6 is 15.9 Å². The van der Waals surface area contributed by atoms with Crippen LogP contribution in [0.1, 0.15) is 31.2 Å². The third-order valence-electron chi connectivity index (χ3n) is 3.53. The predicted molar refractivity (Wildman–Crippen MR) is 75.8 cm³/mol. The Kier molecular flexibility index (Phi) is 5.03. The summed E-state index contributed by atoms with van der Waals surface area (Å²) in [6.07, 6.45) is 3.85. The lowest BCUT2D eigenvalue weighted by atomic mass is 9.93. The predicted octanol–water partition coefficient (Wildman–Crippen LogP) is 2.85. The lowest BCUT2D eigenvalue weighted by molar-refractivity contribution is 0.116. The Balaban J connectivity index is 1.89. The summed E-state index contributed by atoms with van der Waals surface area (Å²) in [4.78, 5) is 0. The standard InChI is InChI=1S/C14H20BrNO2/c1-18-13-6-7-14(15)10(8-13)9-16-11-2-4-12(17)5-3-11/h6-8,11-12,16-17H,2-5,9H2,1H3. The highest BCUT2D eigenvalue weighted by Crippen LogP contribution is 2.24. The summed E-state index contributed by atoms with van der Waals surface area (Å²) in [6.45, 7) is 0.832. The van der Waals surface area contributed by atoms with Gasteiger partial charge in [-0.2, -0.15) is 0 Å². The molecule has 0 radical (unpaired) electrons.